The van der Waals surface area contributed by atoms with Gasteiger partial charge in [-0.25, -0.2) is 0 Å². The van der Waals surface area contributed by atoms with Crippen LogP contribution in [0.15, 0.2) is 18.2 Å². The van der Waals surface area contributed by atoms with Gasteiger partial charge in [0.05, 0.1) is 11.6 Å². The minimum absolute atomic E-state index is 0.315. The van der Waals surface area contributed by atoms with Crippen molar-refractivity contribution < 1.29 is 4.74 Å². The Morgan fingerprint density at radius 2 is 2.12 bits per heavy atom. The third-order valence-electron chi connectivity index (χ3n) is 2.69. The zero-order valence-electron chi connectivity index (χ0n) is 10.7. The smallest absolute Gasteiger partial charge is 0.137 e. The van der Waals surface area contributed by atoms with Crippen molar-refractivity contribution in [3.63, 3.8) is 0 Å². The van der Waals surface area contributed by atoms with Crippen molar-refractivity contribution >= 4 is 11.6 Å². The summed E-state index contributed by atoms with van der Waals surface area (Å²) in [4.78, 5) is 0. The fourth-order valence-electron chi connectivity index (χ4n) is 1.77. The molecule has 1 unspecified atom stereocenters. The summed E-state index contributed by atoms with van der Waals surface area (Å²) in [6, 6.07) is 6.29. The van der Waals surface area contributed by atoms with Gasteiger partial charge in [0.2, 0.25) is 0 Å². The second-order valence-electron chi connectivity index (χ2n) is 3.86. The summed E-state index contributed by atoms with van der Waals surface area (Å²) in [5.41, 5.74) is 1.19. The van der Waals surface area contributed by atoms with E-state index in [1.165, 1.54) is 5.56 Å². The number of nitrogens with one attached hydrogen (secondary N) is 2. The number of hydrogen-bond acceptors (Lipinski definition) is 3. The van der Waals surface area contributed by atoms with E-state index in [-0.39, 0.29) is 0 Å². The lowest BCUT2D eigenvalue weighted by Gasteiger charge is -2.17. The van der Waals surface area contributed by atoms with Gasteiger partial charge in [-0.15, -0.1) is 0 Å². The van der Waals surface area contributed by atoms with Gasteiger partial charge in [-0.3, -0.25) is 0 Å². The second-order valence-corrected chi connectivity index (χ2v) is 4.26. The standard InChI is InChI=1S/C13H21ClN2O/c1-4-17-13-6-5-10(9-11(13)14)12(16-3)7-8-15-2/h5-6,9,12,15-16H,4,7-8H2,1-3H3. The Hall–Kier alpha value is -0.770. The summed E-state index contributed by atoms with van der Waals surface area (Å²) >= 11 is 6.17. The minimum Gasteiger partial charge on any atom is -0.492 e. The maximum atomic E-state index is 6.17. The molecular weight excluding hydrogens is 236 g/mol. The molecule has 17 heavy (non-hydrogen) atoms. The first-order valence-electron chi connectivity index (χ1n) is 5.97. The highest BCUT2D eigenvalue weighted by Gasteiger charge is 2.11. The SMILES string of the molecule is CCOc1ccc(C(CCNC)NC)cc1Cl. The van der Waals surface area contributed by atoms with Crippen molar-refractivity contribution in [2.45, 2.75) is 19.4 Å². The average Bonchev–Trinajstić information content (AvgIpc) is 2.33. The molecule has 2 N–H and O–H groups in total. The van der Waals surface area contributed by atoms with E-state index in [0.717, 1.165) is 18.7 Å². The lowest BCUT2D eigenvalue weighted by molar-refractivity contribution is 0.340. The summed E-state index contributed by atoms with van der Waals surface area (Å²) in [5, 5.41) is 7.12. The van der Waals surface area contributed by atoms with Gasteiger partial charge >= 0.3 is 0 Å². The lowest BCUT2D eigenvalue weighted by Crippen LogP contribution is -2.21. The molecule has 0 saturated carbocycles. The van der Waals surface area contributed by atoms with Crippen LogP contribution in [-0.4, -0.2) is 27.2 Å². The molecule has 4 heteroatoms. The molecule has 0 aliphatic carbocycles. The second kappa shape index (κ2) is 7.54. The number of rotatable bonds is 7. The predicted octanol–water partition coefficient (Wildman–Crippen LogP) is 2.61. The third kappa shape index (κ3) is 4.19. The van der Waals surface area contributed by atoms with Crippen LogP contribution in [0.2, 0.25) is 5.02 Å². The van der Waals surface area contributed by atoms with Gasteiger partial charge in [-0.1, -0.05) is 17.7 Å². The first-order chi connectivity index (χ1) is 8.22. The van der Waals surface area contributed by atoms with Gasteiger partial charge in [0.25, 0.3) is 0 Å². The molecule has 1 atom stereocenters. The molecule has 0 bridgehead atoms. The van der Waals surface area contributed by atoms with Crippen LogP contribution in [0, 0.1) is 0 Å². The van der Waals surface area contributed by atoms with E-state index < -0.39 is 0 Å². The summed E-state index contributed by atoms with van der Waals surface area (Å²) in [5.74, 6) is 0.751. The molecule has 1 aromatic carbocycles. The van der Waals surface area contributed by atoms with E-state index in [9.17, 15) is 0 Å². The van der Waals surface area contributed by atoms with E-state index in [1.807, 2.05) is 33.2 Å². The molecule has 0 radical (unpaired) electrons. The maximum absolute atomic E-state index is 6.17. The molecule has 1 aromatic rings. The van der Waals surface area contributed by atoms with Gasteiger partial charge < -0.3 is 15.4 Å². The number of ether oxygens (including phenoxy) is 1. The van der Waals surface area contributed by atoms with E-state index in [1.54, 1.807) is 0 Å². The van der Waals surface area contributed by atoms with E-state index >= 15 is 0 Å². The van der Waals surface area contributed by atoms with Crippen LogP contribution in [0.3, 0.4) is 0 Å². The largest absolute Gasteiger partial charge is 0.492 e. The highest BCUT2D eigenvalue weighted by Crippen LogP contribution is 2.28. The fourth-order valence-corrected chi connectivity index (χ4v) is 2.02. The Morgan fingerprint density at radius 3 is 2.65 bits per heavy atom. The topological polar surface area (TPSA) is 33.3 Å². The molecule has 0 spiro atoms. The number of hydrogen-bond donors (Lipinski definition) is 2. The molecule has 0 aliphatic rings. The Kier molecular flexibility index (Phi) is 6.34. The molecule has 0 fully saturated rings. The molecule has 3 nitrogen and oxygen atoms in total. The van der Waals surface area contributed by atoms with Crippen molar-refractivity contribution in [3.05, 3.63) is 28.8 Å². The van der Waals surface area contributed by atoms with Gasteiger partial charge in [0.1, 0.15) is 5.75 Å². The first kappa shape index (κ1) is 14.3. The zero-order valence-corrected chi connectivity index (χ0v) is 11.5. The Bertz CT molecular complexity index is 344. The summed E-state index contributed by atoms with van der Waals surface area (Å²) in [6.07, 6.45) is 1.03. The van der Waals surface area contributed by atoms with Crippen LogP contribution in [0.25, 0.3) is 0 Å². The van der Waals surface area contributed by atoms with Crippen LogP contribution in [0.1, 0.15) is 24.9 Å². The maximum Gasteiger partial charge on any atom is 0.137 e. The van der Waals surface area contributed by atoms with E-state index in [4.69, 9.17) is 16.3 Å². The van der Waals surface area contributed by atoms with Gasteiger partial charge in [-0.05, 0) is 51.7 Å². The highest BCUT2D eigenvalue weighted by molar-refractivity contribution is 6.32. The first-order valence-corrected chi connectivity index (χ1v) is 6.34. The van der Waals surface area contributed by atoms with Gasteiger partial charge in [0.15, 0.2) is 0 Å². The van der Waals surface area contributed by atoms with Crippen molar-refractivity contribution in [1.29, 1.82) is 0 Å². The Labute approximate surface area is 109 Å². The summed E-state index contributed by atoms with van der Waals surface area (Å²) in [7, 11) is 3.92. The third-order valence-corrected chi connectivity index (χ3v) is 2.98. The van der Waals surface area contributed by atoms with Crippen molar-refractivity contribution in [1.82, 2.24) is 10.6 Å². The fraction of sp³-hybridized carbons (Fsp3) is 0.538. The zero-order chi connectivity index (χ0) is 12.7. The molecule has 1 rings (SSSR count). The number of benzene rings is 1. The Balaban J connectivity index is 2.79. The molecule has 0 aromatic heterocycles. The van der Waals surface area contributed by atoms with Crippen molar-refractivity contribution in [3.8, 4) is 5.75 Å². The summed E-state index contributed by atoms with van der Waals surface area (Å²) < 4.78 is 5.42. The predicted molar refractivity (Wildman–Crippen MR) is 73.0 cm³/mol. The average molecular weight is 257 g/mol. The van der Waals surface area contributed by atoms with E-state index in [2.05, 4.69) is 16.7 Å². The van der Waals surface area contributed by atoms with Crippen LogP contribution in [-0.2, 0) is 0 Å². The van der Waals surface area contributed by atoms with Gasteiger partial charge in [0, 0.05) is 6.04 Å². The molecule has 0 aliphatic heterocycles. The molecule has 0 saturated heterocycles. The van der Waals surface area contributed by atoms with Crippen LogP contribution in [0.4, 0.5) is 0 Å². The molecular formula is C13H21ClN2O. The lowest BCUT2D eigenvalue weighted by atomic mass is 10.0. The van der Waals surface area contributed by atoms with Crippen LogP contribution < -0.4 is 15.4 Å². The monoisotopic (exact) mass is 256 g/mol. The van der Waals surface area contributed by atoms with Crippen LogP contribution in [0.5, 0.6) is 5.75 Å². The molecule has 0 amide bonds. The minimum atomic E-state index is 0.315. The molecule has 0 heterocycles. The van der Waals surface area contributed by atoms with Gasteiger partial charge in [-0.2, -0.15) is 0 Å². The molecule has 96 valence electrons. The van der Waals surface area contributed by atoms with Crippen molar-refractivity contribution in [2.24, 2.45) is 0 Å². The van der Waals surface area contributed by atoms with E-state index in [0.29, 0.717) is 17.7 Å². The van der Waals surface area contributed by atoms with Crippen molar-refractivity contribution in [2.75, 3.05) is 27.2 Å². The Morgan fingerprint density at radius 1 is 1.35 bits per heavy atom. The normalized spacial score (nSPS) is 12.5. The number of halogens is 1. The quantitative estimate of drug-likeness (QED) is 0.787. The summed E-state index contributed by atoms with van der Waals surface area (Å²) in [6.45, 7) is 3.55. The highest BCUT2D eigenvalue weighted by atomic mass is 35.5. The van der Waals surface area contributed by atoms with Crippen LogP contribution >= 0.6 is 11.6 Å².